The first-order valence-corrected chi connectivity index (χ1v) is 6.31. The summed E-state index contributed by atoms with van der Waals surface area (Å²) in [6, 6.07) is 0. The van der Waals surface area contributed by atoms with Crippen LogP contribution in [0.3, 0.4) is 0 Å². The van der Waals surface area contributed by atoms with E-state index in [1.165, 1.54) is 36.7 Å². The van der Waals surface area contributed by atoms with E-state index in [0.717, 1.165) is 13.0 Å². The fourth-order valence-electron chi connectivity index (χ4n) is 1.78. The Morgan fingerprint density at radius 1 is 1.36 bits per heavy atom. The molecule has 1 unspecified atom stereocenters. The molecule has 0 saturated carbocycles. The van der Waals surface area contributed by atoms with Crippen molar-refractivity contribution >= 4 is 11.3 Å². The normalized spacial score (nSPS) is 21.4. The second-order valence-corrected chi connectivity index (χ2v) is 4.92. The second-order valence-electron chi connectivity index (χ2n) is 3.84. The van der Waals surface area contributed by atoms with Crippen LogP contribution in [0.1, 0.15) is 25.7 Å². The summed E-state index contributed by atoms with van der Waals surface area (Å²) >= 11 is -1.80. The van der Waals surface area contributed by atoms with E-state index in [-0.39, 0.29) is 0 Å². The quantitative estimate of drug-likeness (QED) is 0.701. The molecule has 14 heavy (non-hydrogen) atoms. The summed E-state index contributed by atoms with van der Waals surface area (Å²) < 4.78 is 20.8. The van der Waals surface area contributed by atoms with E-state index in [0.29, 0.717) is 6.54 Å². The molecule has 0 aliphatic carbocycles. The maximum atomic E-state index is 10.6. The summed E-state index contributed by atoms with van der Waals surface area (Å²) in [5, 5.41) is 0. The number of hydrogen-bond acceptors (Lipinski definition) is 2. The van der Waals surface area contributed by atoms with E-state index in [1.807, 2.05) is 0 Å². The van der Waals surface area contributed by atoms with Crippen molar-refractivity contribution in [3.05, 3.63) is 0 Å². The number of piperidine rings is 1. The van der Waals surface area contributed by atoms with Gasteiger partial charge in [0.25, 0.3) is 0 Å². The van der Waals surface area contributed by atoms with E-state index in [2.05, 4.69) is 4.90 Å². The van der Waals surface area contributed by atoms with Crippen LogP contribution in [0.4, 0.5) is 0 Å². The highest BCUT2D eigenvalue weighted by Crippen LogP contribution is 2.08. The molecule has 0 aromatic rings. The first kappa shape index (κ1) is 12.1. The Balaban J connectivity index is 2.05. The van der Waals surface area contributed by atoms with E-state index >= 15 is 0 Å². The van der Waals surface area contributed by atoms with Crippen molar-refractivity contribution in [2.45, 2.75) is 25.7 Å². The Bertz CT molecular complexity index is 184. The van der Waals surface area contributed by atoms with Crippen LogP contribution in [0, 0.1) is 0 Å². The van der Waals surface area contributed by atoms with Gasteiger partial charge in [0.2, 0.25) is 11.3 Å². The van der Waals surface area contributed by atoms with Crippen molar-refractivity contribution in [3.63, 3.8) is 0 Å². The van der Waals surface area contributed by atoms with Gasteiger partial charge in [-0.1, -0.05) is 6.42 Å². The van der Waals surface area contributed by atoms with Gasteiger partial charge in [0.1, 0.15) is 0 Å². The van der Waals surface area contributed by atoms with Crippen LogP contribution in [-0.4, -0.2) is 51.2 Å². The molecule has 1 heterocycles. The van der Waals surface area contributed by atoms with Gasteiger partial charge in [-0.3, -0.25) is 4.55 Å². The summed E-state index contributed by atoms with van der Waals surface area (Å²) in [5.74, 6) is 0. The lowest BCUT2D eigenvalue weighted by atomic mass is 10.1. The van der Waals surface area contributed by atoms with Gasteiger partial charge in [-0.15, -0.1) is 0 Å². The van der Waals surface area contributed by atoms with Crippen molar-refractivity contribution in [2.24, 2.45) is 0 Å². The number of rotatable bonds is 5. The van der Waals surface area contributed by atoms with Crippen molar-refractivity contribution in [1.29, 1.82) is 0 Å². The van der Waals surface area contributed by atoms with E-state index < -0.39 is 11.3 Å². The van der Waals surface area contributed by atoms with Crippen molar-refractivity contribution in [1.82, 2.24) is 9.21 Å². The topological polar surface area (TPSA) is 43.8 Å². The summed E-state index contributed by atoms with van der Waals surface area (Å²) in [4.78, 5) is 2.44. The molecule has 1 aliphatic rings. The van der Waals surface area contributed by atoms with Crippen LogP contribution in [0.5, 0.6) is 0 Å². The molecule has 0 amide bonds. The third-order valence-corrected chi connectivity index (χ3v) is 3.38. The van der Waals surface area contributed by atoms with Gasteiger partial charge in [-0.25, -0.2) is 8.51 Å². The van der Waals surface area contributed by atoms with Crippen LogP contribution in [-0.2, 0) is 11.3 Å². The van der Waals surface area contributed by atoms with Gasteiger partial charge in [-0.2, -0.15) is 0 Å². The van der Waals surface area contributed by atoms with Gasteiger partial charge in [-0.05, 0) is 38.9 Å². The molecule has 0 spiro atoms. The maximum Gasteiger partial charge on any atom is 0.234 e. The predicted octanol–water partition coefficient (Wildman–Crippen LogP) is 0.931. The zero-order valence-corrected chi connectivity index (χ0v) is 9.63. The molecule has 0 aromatic carbocycles. The molecule has 1 atom stereocenters. The van der Waals surface area contributed by atoms with Gasteiger partial charge >= 0.3 is 0 Å². The summed E-state index contributed by atoms with van der Waals surface area (Å²) in [5.41, 5.74) is 0. The molecule has 0 aromatic heterocycles. The highest BCUT2D eigenvalue weighted by atomic mass is 32.2. The molecule has 5 heteroatoms. The van der Waals surface area contributed by atoms with Crippen LogP contribution >= 0.6 is 0 Å². The predicted molar refractivity (Wildman–Crippen MR) is 58.3 cm³/mol. The molecule has 84 valence electrons. The van der Waals surface area contributed by atoms with E-state index in [1.54, 1.807) is 7.05 Å². The Hall–Kier alpha value is 0.0300. The van der Waals surface area contributed by atoms with Crippen LogP contribution in [0.25, 0.3) is 0 Å². The SMILES string of the molecule is CN(CCCN1CCCCC1)S(=O)O. The lowest BCUT2D eigenvalue weighted by Gasteiger charge is -2.26. The van der Waals surface area contributed by atoms with Gasteiger partial charge in [0.15, 0.2) is 0 Å². The number of nitrogens with zero attached hydrogens (tertiary/aromatic N) is 2. The minimum Gasteiger partial charge on any atom is -0.303 e. The van der Waals surface area contributed by atoms with Crippen molar-refractivity contribution < 1.29 is 8.76 Å². The average Bonchev–Trinajstić information content (AvgIpc) is 2.19. The highest BCUT2D eigenvalue weighted by Gasteiger charge is 2.10. The number of hydrogen-bond donors (Lipinski definition) is 1. The largest absolute Gasteiger partial charge is 0.303 e. The fourth-order valence-corrected chi connectivity index (χ4v) is 2.06. The minimum atomic E-state index is -1.80. The van der Waals surface area contributed by atoms with Crippen LogP contribution < -0.4 is 0 Å². The highest BCUT2D eigenvalue weighted by molar-refractivity contribution is 7.76. The van der Waals surface area contributed by atoms with Gasteiger partial charge in [0.05, 0.1) is 0 Å². The van der Waals surface area contributed by atoms with Gasteiger partial charge < -0.3 is 4.90 Å². The first-order valence-electron chi connectivity index (χ1n) is 5.24. The zero-order valence-electron chi connectivity index (χ0n) is 8.81. The fraction of sp³-hybridized carbons (Fsp3) is 1.00. The molecule has 0 radical (unpaired) electrons. The van der Waals surface area contributed by atoms with Gasteiger partial charge in [0, 0.05) is 13.6 Å². The lowest BCUT2D eigenvalue weighted by Crippen LogP contribution is -2.32. The minimum absolute atomic E-state index is 0.694. The van der Waals surface area contributed by atoms with E-state index in [4.69, 9.17) is 4.55 Å². The molecule has 1 saturated heterocycles. The first-order chi connectivity index (χ1) is 6.70. The van der Waals surface area contributed by atoms with Crippen molar-refractivity contribution in [3.8, 4) is 0 Å². The monoisotopic (exact) mass is 220 g/mol. The molecule has 1 fully saturated rings. The Morgan fingerprint density at radius 2 is 2.00 bits per heavy atom. The summed E-state index contributed by atoms with van der Waals surface area (Å²) in [6.45, 7) is 4.15. The molecule has 1 rings (SSSR count). The standard InChI is InChI=1S/C9H20N2O2S/c1-10(14(12)13)6-5-9-11-7-3-2-4-8-11/h2-9H2,1H3,(H,12,13). The Morgan fingerprint density at radius 3 is 2.57 bits per heavy atom. The maximum absolute atomic E-state index is 10.6. The molecule has 1 aliphatic heterocycles. The Kier molecular flexibility index (Phi) is 5.62. The third-order valence-electron chi connectivity index (χ3n) is 2.66. The van der Waals surface area contributed by atoms with E-state index in [9.17, 15) is 4.21 Å². The molecular weight excluding hydrogens is 200 g/mol. The lowest BCUT2D eigenvalue weighted by molar-refractivity contribution is 0.221. The molecule has 4 nitrogen and oxygen atoms in total. The Labute approximate surface area is 88.7 Å². The second kappa shape index (κ2) is 6.50. The molecule has 1 N–H and O–H groups in total. The zero-order chi connectivity index (χ0) is 10.4. The molecular formula is C9H20N2O2S. The number of likely N-dealkylation sites (tertiary alicyclic amines) is 1. The smallest absolute Gasteiger partial charge is 0.234 e. The summed E-state index contributed by atoms with van der Waals surface area (Å²) in [6.07, 6.45) is 4.95. The van der Waals surface area contributed by atoms with Crippen LogP contribution in [0.2, 0.25) is 0 Å². The third kappa shape index (κ3) is 4.50. The summed E-state index contributed by atoms with van der Waals surface area (Å²) in [7, 11) is 1.67. The van der Waals surface area contributed by atoms with Crippen LogP contribution in [0.15, 0.2) is 0 Å². The van der Waals surface area contributed by atoms with Crippen molar-refractivity contribution in [2.75, 3.05) is 33.2 Å². The average molecular weight is 220 g/mol. The molecule has 0 bridgehead atoms.